The highest BCUT2D eigenvalue weighted by molar-refractivity contribution is 6.32. The highest BCUT2D eigenvalue weighted by Crippen LogP contribution is 2.34. The second-order valence-electron chi connectivity index (χ2n) is 9.38. The number of piperidine rings is 1. The summed E-state index contributed by atoms with van der Waals surface area (Å²) in [6.45, 7) is 3.69. The summed E-state index contributed by atoms with van der Waals surface area (Å²) in [5.74, 6) is 1.16. The van der Waals surface area contributed by atoms with Gasteiger partial charge in [0, 0.05) is 43.6 Å². The topological polar surface area (TPSA) is 86.6 Å². The third-order valence-electron chi connectivity index (χ3n) is 6.75. The van der Waals surface area contributed by atoms with Gasteiger partial charge in [0.05, 0.1) is 28.9 Å². The number of hydrogen-bond donors (Lipinski definition) is 2. The average Bonchev–Trinajstić information content (AvgIpc) is 2.90. The fourth-order valence-corrected chi connectivity index (χ4v) is 4.90. The number of nitrogens with zero attached hydrogens (tertiary/aromatic N) is 5. The van der Waals surface area contributed by atoms with Gasteiger partial charge >= 0.3 is 12.2 Å². The Balaban J connectivity index is 1.37. The number of nitrogens with one attached hydrogen (secondary N) is 1. The van der Waals surface area contributed by atoms with Crippen LogP contribution in [0.5, 0.6) is 6.01 Å². The molecule has 2 aliphatic heterocycles. The second kappa shape index (κ2) is 11.3. The number of halogens is 4. The molecule has 1 aromatic carbocycles. The lowest BCUT2D eigenvalue weighted by Gasteiger charge is -2.31. The van der Waals surface area contributed by atoms with Crippen LogP contribution in [0.2, 0.25) is 5.02 Å². The number of anilines is 3. The maximum Gasteiger partial charge on any atom is 0.416 e. The van der Waals surface area contributed by atoms with Gasteiger partial charge < -0.3 is 20.1 Å². The van der Waals surface area contributed by atoms with Gasteiger partial charge in [-0.25, -0.2) is 4.98 Å². The molecule has 12 heteroatoms. The first-order valence-corrected chi connectivity index (χ1v) is 12.9. The first-order valence-electron chi connectivity index (χ1n) is 12.5. The predicted octanol–water partition coefficient (Wildman–Crippen LogP) is 4.69. The van der Waals surface area contributed by atoms with E-state index in [1.807, 2.05) is 4.90 Å². The number of benzene rings is 1. The number of rotatable bonds is 7. The fourth-order valence-electron chi connectivity index (χ4n) is 4.65. The average molecular weight is 549 g/mol. The van der Waals surface area contributed by atoms with Gasteiger partial charge in [0.2, 0.25) is 0 Å². The van der Waals surface area contributed by atoms with Crippen molar-refractivity contribution in [3.8, 4) is 6.01 Å². The van der Waals surface area contributed by atoms with Crippen LogP contribution in [0.15, 0.2) is 42.6 Å². The van der Waals surface area contributed by atoms with Crippen molar-refractivity contribution in [3.63, 3.8) is 0 Å². The van der Waals surface area contributed by atoms with E-state index in [1.54, 1.807) is 18.3 Å². The molecule has 0 radical (unpaired) electrons. The predicted molar refractivity (Wildman–Crippen MR) is 138 cm³/mol. The highest BCUT2D eigenvalue weighted by Gasteiger charge is 2.30. The smallest absolute Gasteiger partial charge is 0.416 e. The van der Waals surface area contributed by atoms with E-state index in [-0.39, 0.29) is 12.1 Å². The summed E-state index contributed by atoms with van der Waals surface area (Å²) in [5, 5.41) is 13.4. The molecule has 0 atom stereocenters. The molecule has 4 heterocycles. The van der Waals surface area contributed by atoms with Gasteiger partial charge in [-0.1, -0.05) is 11.6 Å². The zero-order chi connectivity index (χ0) is 26.7. The largest absolute Gasteiger partial charge is 0.462 e. The van der Waals surface area contributed by atoms with Gasteiger partial charge in [-0.3, -0.25) is 4.90 Å². The van der Waals surface area contributed by atoms with Crippen molar-refractivity contribution < 1.29 is 23.0 Å². The van der Waals surface area contributed by atoms with Crippen LogP contribution in [-0.4, -0.2) is 63.8 Å². The first kappa shape index (κ1) is 26.5. The van der Waals surface area contributed by atoms with Crippen molar-refractivity contribution in [1.29, 1.82) is 0 Å². The summed E-state index contributed by atoms with van der Waals surface area (Å²) < 4.78 is 45.0. The molecule has 2 aromatic heterocycles. The molecule has 0 aliphatic carbocycles. The Bertz CT molecular complexity index is 1250. The summed E-state index contributed by atoms with van der Waals surface area (Å²) in [6.07, 6.45) is -0.906. The molecule has 0 saturated carbocycles. The summed E-state index contributed by atoms with van der Waals surface area (Å²) in [5.41, 5.74) is 1.36. The molecule has 5 rings (SSSR count). The Morgan fingerprint density at radius 1 is 1.08 bits per heavy atom. The molecule has 0 amide bonds. The number of alkyl halides is 3. The lowest BCUT2D eigenvalue weighted by Crippen LogP contribution is -2.38. The van der Waals surface area contributed by atoms with Crippen molar-refractivity contribution in [2.75, 3.05) is 43.0 Å². The van der Waals surface area contributed by atoms with Crippen LogP contribution in [0.3, 0.4) is 0 Å². The molecule has 202 valence electrons. The van der Waals surface area contributed by atoms with Crippen LogP contribution in [0, 0.1) is 0 Å². The molecule has 2 aliphatic rings. The Hall–Kier alpha value is -3.15. The number of likely N-dealkylation sites (tertiary alicyclic amines) is 1. The van der Waals surface area contributed by atoms with Gasteiger partial charge in [-0.15, -0.1) is 0 Å². The van der Waals surface area contributed by atoms with Gasteiger partial charge in [0.15, 0.2) is 0 Å². The third kappa shape index (κ3) is 6.28. The highest BCUT2D eigenvalue weighted by atomic mass is 35.5. The quantitative estimate of drug-likeness (QED) is 0.440. The maximum absolute atomic E-state index is 13.0. The minimum absolute atomic E-state index is 0.184. The monoisotopic (exact) mass is 548 g/mol. The second-order valence-corrected chi connectivity index (χ2v) is 9.79. The first-order chi connectivity index (χ1) is 18.3. The maximum atomic E-state index is 13.0. The van der Waals surface area contributed by atoms with Crippen molar-refractivity contribution >= 4 is 28.9 Å². The van der Waals surface area contributed by atoms with E-state index in [0.717, 1.165) is 49.3 Å². The van der Waals surface area contributed by atoms with Gasteiger partial charge in [-0.05, 0) is 55.7 Å². The number of aliphatic hydroxyl groups excluding tert-OH is 1. The van der Waals surface area contributed by atoms with E-state index >= 15 is 0 Å². The lowest BCUT2D eigenvalue weighted by molar-refractivity contribution is -0.137. The minimum Gasteiger partial charge on any atom is -0.462 e. The number of ether oxygens (including phenoxy) is 1. The van der Waals surface area contributed by atoms with Crippen molar-refractivity contribution in [2.24, 2.45) is 0 Å². The summed E-state index contributed by atoms with van der Waals surface area (Å²) in [7, 11) is 0. The van der Waals surface area contributed by atoms with E-state index in [2.05, 4.69) is 25.2 Å². The van der Waals surface area contributed by atoms with Crippen LogP contribution in [0.1, 0.15) is 29.7 Å². The van der Waals surface area contributed by atoms with Gasteiger partial charge in [-0.2, -0.15) is 23.1 Å². The SMILES string of the molecule is OC1CCN(CCOc2nc3c(c(Nc4ccc(C(F)(F)F)cc4)n2)CCN(c2ncccc2Cl)C3)CC1. The zero-order valence-corrected chi connectivity index (χ0v) is 21.3. The van der Waals surface area contributed by atoms with Crippen LogP contribution >= 0.6 is 11.6 Å². The molecular formula is C26H28ClF3N6O2. The van der Waals surface area contributed by atoms with Crippen molar-refractivity contribution in [1.82, 2.24) is 19.9 Å². The molecule has 1 fully saturated rings. The van der Waals surface area contributed by atoms with Crippen molar-refractivity contribution in [3.05, 3.63) is 64.4 Å². The molecule has 3 aromatic rings. The van der Waals surface area contributed by atoms with E-state index < -0.39 is 11.7 Å². The van der Waals surface area contributed by atoms with E-state index in [4.69, 9.17) is 16.3 Å². The minimum atomic E-state index is -4.41. The van der Waals surface area contributed by atoms with Crippen LogP contribution in [0.25, 0.3) is 0 Å². The molecule has 0 bridgehead atoms. The Labute approximate surface area is 223 Å². The van der Waals surface area contributed by atoms with Crippen LogP contribution < -0.4 is 15.0 Å². The van der Waals surface area contributed by atoms with Gasteiger partial charge in [0.25, 0.3) is 0 Å². The number of pyridine rings is 1. The summed E-state index contributed by atoms with van der Waals surface area (Å²) >= 11 is 6.38. The van der Waals surface area contributed by atoms with Crippen LogP contribution in [-0.2, 0) is 19.1 Å². The molecule has 0 spiro atoms. The van der Waals surface area contributed by atoms with E-state index in [9.17, 15) is 18.3 Å². The Morgan fingerprint density at radius 2 is 1.84 bits per heavy atom. The molecular weight excluding hydrogens is 521 g/mol. The van der Waals surface area contributed by atoms with Crippen LogP contribution in [0.4, 0.5) is 30.5 Å². The van der Waals surface area contributed by atoms with E-state index in [1.165, 1.54) is 12.1 Å². The molecule has 1 saturated heterocycles. The standard InChI is InChI=1S/C26H28ClF3N6O2/c27-21-2-1-10-31-24(21)36-13-9-20-22(16-36)33-25(38-15-14-35-11-7-19(37)8-12-35)34-23(20)32-18-5-3-17(4-6-18)26(28,29)30/h1-6,10,19,37H,7-9,11-16H2,(H,32,33,34). The summed E-state index contributed by atoms with van der Waals surface area (Å²) in [4.78, 5) is 17.9. The number of hydrogen-bond acceptors (Lipinski definition) is 8. The zero-order valence-electron chi connectivity index (χ0n) is 20.6. The molecule has 0 unspecified atom stereocenters. The molecule has 8 nitrogen and oxygen atoms in total. The van der Waals surface area contributed by atoms with Gasteiger partial charge in [0.1, 0.15) is 18.2 Å². The Morgan fingerprint density at radius 3 is 2.55 bits per heavy atom. The third-order valence-corrected chi connectivity index (χ3v) is 7.05. The van der Waals surface area contributed by atoms with E-state index in [0.29, 0.717) is 55.0 Å². The summed E-state index contributed by atoms with van der Waals surface area (Å²) in [6, 6.07) is 8.57. The number of aromatic nitrogens is 3. The van der Waals surface area contributed by atoms with Crippen molar-refractivity contribution in [2.45, 2.75) is 38.1 Å². The number of fused-ring (bicyclic) bond motifs is 1. The lowest BCUT2D eigenvalue weighted by atomic mass is 10.1. The number of aliphatic hydroxyl groups is 1. The molecule has 38 heavy (non-hydrogen) atoms. The normalized spacial score (nSPS) is 16.8. The fraction of sp³-hybridized carbons (Fsp3) is 0.423. The Kier molecular flexibility index (Phi) is 7.87. The molecule has 2 N–H and O–H groups in total.